The zero-order valence-electron chi connectivity index (χ0n) is 16.5. The van der Waals surface area contributed by atoms with Gasteiger partial charge in [0.05, 0.1) is 35.0 Å². The number of hydrogen-bond acceptors (Lipinski definition) is 6. The lowest BCUT2D eigenvalue weighted by atomic mass is 10.1. The smallest absolute Gasteiger partial charge is 0.275 e. The van der Waals surface area contributed by atoms with Gasteiger partial charge >= 0.3 is 0 Å². The molecule has 4 aromatic rings. The molecule has 0 fully saturated rings. The number of nitrogens with one attached hydrogen (secondary N) is 1. The summed E-state index contributed by atoms with van der Waals surface area (Å²) < 4.78 is 1.64. The van der Waals surface area contributed by atoms with Gasteiger partial charge in [-0.2, -0.15) is 5.26 Å². The van der Waals surface area contributed by atoms with Crippen LogP contribution in [0.2, 0.25) is 0 Å². The maximum absolute atomic E-state index is 12.8. The normalized spacial score (nSPS) is 10.6. The molecule has 0 spiro atoms. The van der Waals surface area contributed by atoms with E-state index in [4.69, 9.17) is 11.0 Å². The van der Waals surface area contributed by atoms with Crippen molar-refractivity contribution < 1.29 is 9.59 Å². The predicted octanol–water partition coefficient (Wildman–Crippen LogP) is 2.41. The van der Waals surface area contributed by atoms with Crippen LogP contribution in [0.4, 0.5) is 5.82 Å². The quantitative estimate of drug-likeness (QED) is 0.517. The Balaban J connectivity index is 1.58. The minimum Gasteiger partial charge on any atom is -0.366 e. The van der Waals surface area contributed by atoms with Crippen LogP contribution < -0.4 is 11.1 Å². The van der Waals surface area contributed by atoms with Crippen molar-refractivity contribution >= 4 is 28.5 Å². The molecule has 31 heavy (non-hydrogen) atoms. The number of rotatable bonds is 5. The average Bonchev–Trinajstić information content (AvgIpc) is 3.12. The summed E-state index contributed by atoms with van der Waals surface area (Å²) in [5.74, 6) is -0.881. The van der Waals surface area contributed by atoms with Crippen LogP contribution in [-0.4, -0.2) is 31.8 Å². The first-order valence-corrected chi connectivity index (χ1v) is 9.36. The molecule has 0 radical (unpaired) electrons. The molecule has 0 aliphatic heterocycles. The SMILES string of the molecule is Cc1c(NC(=O)c2cc(C(N)=O)c3ccccc3n2)nnn1Cc1ccc(C#N)cc1. The number of primary amides is 1. The van der Waals surface area contributed by atoms with Gasteiger partial charge in [-0.05, 0) is 36.8 Å². The molecule has 9 nitrogen and oxygen atoms in total. The Bertz CT molecular complexity index is 1350. The number of pyridine rings is 1. The topological polar surface area (TPSA) is 140 Å². The van der Waals surface area contributed by atoms with Gasteiger partial charge in [-0.15, -0.1) is 5.10 Å². The summed E-state index contributed by atoms with van der Waals surface area (Å²) in [6, 6.07) is 17.5. The van der Waals surface area contributed by atoms with Crippen molar-refractivity contribution in [2.75, 3.05) is 5.32 Å². The largest absolute Gasteiger partial charge is 0.366 e. The Labute approximate surface area is 177 Å². The molecule has 2 amide bonds. The maximum atomic E-state index is 12.8. The third kappa shape index (κ3) is 3.95. The first kappa shape index (κ1) is 19.7. The number of nitrogens with two attached hydrogens (primary N) is 1. The lowest BCUT2D eigenvalue weighted by Gasteiger charge is -2.08. The average molecular weight is 411 g/mol. The van der Waals surface area contributed by atoms with Crippen molar-refractivity contribution in [1.82, 2.24) is 20.0 Å². The fourth-order valence-corrected chi connectivity index (χ4v) is 3.15. The summed E-state index contributed by atoms with van der Waals surface area (Å²) >= 11 is 0. The fourth-order valence-electron chi connectivity index (χ4n) is 3.15. The summed E-state index contributed by atoms with van der Waals surface area (Å²) in [6.45, 7) is 2.21. The first-order valence-electron chi connectivity index (χ1n) is 9.36. The second-order valence-corrected chi connectivity index (χ2v) is 6.88. The van der Waals surface area contributed by atoms with E-state index < -0.39 is 11.8 Å². The zero-order chi connectivity index (χ0) is 22.0. The van der Waals surface area contributed by atoms with E-state index in [1.54, 1.807) is 48.0 Å². The van der Waals surface area contributed by atoms with Crippen LogP contribution >= 0.6 is 0 Å². The number of hydrogen-bond donors (Lipinski definition) is 2. The number of carbonyl (C=O) groups excluding carboxylic acids is 2. The monoisotopic (exact) mass is 411 g/mol. The molecule has 9 heteroatoms. The van der Waals surface area contributed by atoms with Gasteiger partial charge < -0.3 is 11.1 Å². The second kappa shape index (κ2) is 8.04. The van der Waals surface area contributed by atoms with Gasteiger partial charge in [0.1, 0.15) is 5.69 Å². The fraction of sp³-hybridized carbons (Fsp3) is 0.0909. The zero-order valence-corrected chi connectivity index (χ0v) is 16.5. The third-order valence-electron chi connectivity index (χ3n) is 4.84. The number of para-hydroxylation sites is 1. The van der Waals surface area contributed by atoms with E-state index in [0.717, 1.165) is 5.56 Å². The summed E-state index contributed by atoms with van der Waals surface area (Å²) in [5.41, 5.74) is 8.40. The molecule has 4 rings (SSSR count). The van der Waals surface area contributed by atoms with Crippen molar-refractivity contribution in [2.45, 2.75) is 13.5 Å². The Hall–Kier alpha value is -4.58. The number of benzene rings is 2. The third-order valence-corrected chi connectivity index (χ3v) is 4.84. The van der Waals surface area contributed by atoms with Gasteiger partial charge in [-0.25, -0.2) is 9.67 Å². The number of fused-ring (bicyclic) bond motifs is 1. The van der Waals surface area contributed by atoms with Crippen LogP contribution in [0.3, 0.4) is 0 Å². The number of nitrogens with zero attached hydrogens (tertiary/aromatic N) is 5. The number of amides is 2. The Kier molecular flexibility index (Phi) is 5.12. The molecular formula is C22H17N7O2. The molecule has 0 aliphatic carbocycles. The Morgan fingerprint density at radius 3 is 2.61 bits per heavy atom. The number of nitriles is 1. The number of aromatic nitrogens is 4. The standard InChI is InChI=1S/C22H17N7O2/c1-13-21(27-28-29(13)12-15-8-6-14(11-23)7-9-15)26-22(31)19-10-17(20(24)30)16-4-2-3-5-18(16)25-19/h2-10H,12H2,1H3,(H2,24,30)(H,26,31). The van der Waals surface area contributed by atoms with Crippen LogP contribution in [-0.2, 0) is 6.54 Å². The van der Waals surface area contributed by atoms with E-state index in [1.165, 1.54) is 6.07 Å². The minimum atomic E-state index is -0.641. The summed E-state index contributed by atoms with van der Waals surface area (Å²) in [4.78, 5) is 29.0. The van der Waals surface area contributed by atoms with Crippen LogP contribution in [0.25, 0.3) is 10.9 Å². The van der Waals surface area contributed by atoms with Crippen molar-refractivity contribution in [3.05, 3.63) is 82.7 Å². The molecule has 0 saturated carbocycles. The van der Waals surface area contributed by atoms with Gasteiger partial charge in [-0.3, -0.25) is 9.59 Å². The predicted molar refractivity (Wildman–Crippen MR) is 113 cm³/mol. The van der Waals surface area contributed by atoms with Crippen LogP contribution in [0.15, 0.2) is 54.6 Å². The summed E-state index contributed by atoms with van der Waals surface area (Å²) in [6.07, 6.45) is 0. The van der Waals surface area contributed by atoms with E-state index in [1.807, 2.05) is 12.1 Å². The highest BCUT2D eigenvalue weighted by atomic mass is 16.2. The van der Waals surface area contributed by atoms with Crippen LogP contribution in [0, 0.1) is 18.3 Å². The van der Waals surface area contributed by atoms with Gasteiger partial charge in [-0.1, -0.05) is 35.5 Å². The maximum Gasteiger partial charge on any atom is 0.275 e. The molecule has 2 heterocycles. The molecule has 0 saturated heterocycles. The highest BCUT2D eigenvalue weighted by Crippen LogP contribution is 2.19. The highest BCUT2D eigenvalue weighted by molar-refractivity contribution is 6.10. The first-order chi connectivity index (χ1) is 15.0. The number of anilines is 1. The van der Waals surface area contributed by atoms with E-state index in [2.05, 4.69) is 26.7 Å². The molecule has 0 bridgehead atoms. The second-order valence-electron chi connectivity index (χ2n) is 6.88. The molecule has 2 aromatic heterocycles. The van der Waals surface area contributed by atoms with Crippen LogP contribution in [0.1, 0.15) is 37.7 Å². The summed E-state index contributed by atoms with van der Waals surface area (Å²) in [7, 11) is 0. The van der Waals surface area contributed by atoms with E-state index in [9.17, 15) is 9.59 Å². The number of carbonyl (C=O) groups is 2. The Morgan fingerprint density at radius 2 is 1.90 bits per heavy atom. The molecular weight excluding hydrogens is 394 g/mol. The van der Waals surface area contributed by atoms with Gasteiger partial charge in [0.15, 0.2) is 5.82 Å². The van der Waals surface area contributed by atoms with Crippen molar-refractivity contribution in [3.63, 3.8) is 0 Å². The highest BCUT2D eigenvalue weighted by Gasteiger charge is 2.18. The van der Waals surface area contributed by atoms with Crippen molar-refractivity contribution in [3.8, 4) is 6.07 Å². The Morgan fingerprint density at radius 1 is 1.16 bits per heavy atom. The molecule has 152 valence electrons. The van der Waals surface area contributed by atoms with E-state index in [-0.39, 0.29) is 17.1 Å². The lowest BCUT2D eigenvalue weighted by molar-refractivity contribution is 0.100. The van der Waals surface area contributed by atoms with Crippen molar-refractivity contribution in [2.24, 2.45) is 5.73 Å². The minimum absolute atomic E-state index is 0.0496. The summed E-state index contributed by atoms with van der Waals surface area (Å²) in [5, 5.41) is 20.3. The molecule has 0 atom stereocenters. The molecule has 2 aromatic carbocycles. The molecule has 0 unspecified atom stereocenters. The van der Waals surface area contributed by atoms with Gasteiger partial charge in [0.25, 0.3) is 5.91 Å². The van der Waals surface area contributed by atoms with E-state index >= 15 is 0 Å². The van der Waals surface area contributed by atoms with Gasteiger partial charge in [0, 0.05) is 5.39 Å². The van der Waals surface area contributed by atoms with Crippen molar-refractivity contribution in [1.29, 1.82) is 5.26 Å². The van der Waals surface area contributed by atoms with Gasteiger partial charge in [0.2, 0.25) is 5.91 Å². The molecule has 0 aliphatic rings. The molecule has 3 N–H and O–H groups in total. The van der Waals surface area contributed by atoms with E-state index in [0.29, 0.717) is 28.7 Å². The van der Waals surface area contributed by atoms with Crippen LogP contribution in [0.5, 0.6) is 0 Å². The lowest BCUT2D eigenvalue weighted by Crippen LogP contribution is -2.18.